The highest BCUT2D eigenvalue weighted by Crippen LogP contribution is 2.17. The van der Waals surface area contributed by atoms with E-state index in [1.54, 1.807) is 6.07 Å². The van der Waals surface area contributed by atoms with Gasteiger partial charge in [0, 0.05) is 18.8 Å². The molecule has 2 rings (SSSR count). The fourth-order valence-corrected chi connectivity index (χ4v) is 1.99. The molecule has 5 nitrogen and oxygen atoms in total. The quantitative estimate of drug-likeness (QED) is 0.741. The van der Waals surface area contributed by atoms with Crippen LogP contribution < -0.4 is 10.6 Å². The maximum Gasteiger partial charge on any atom is 0.226 e. The Morgan fingerprint density at radius 3 is 2.71 bits per heavy atom. The van der Waals surface area contributed by atoms with Crippen molar-refractivity contribution in [3.8, 4) is 0 Å². The molecular formula is C11H16N4OS. The van der Waals surface area contributed by atoms with Crippen molar-refractivity contribution < 1.29 is 5.11 Å². The Morgan fingerprint density at radius 2 is 2.12 bits per heavy atom. The van der Waals surface area contributed by atoms with Gasteiger partial charge in [0.05, 0.1) is 6.10 Å². The van der Waals surface area contributed by atoms with E-state index in [0.29, 0.717) is 11.6 Å². The summed E-state index contributed by atoms with van der Waals surface area (Å²) < 4.78 is 0. The first-order valence-electron chi connectivity index (χ1n) is 5.65. The molecule has 1 aromatic heterocycles. The second kappa shape index (κ2) is 4.93. The molecule has 2 heterocycles. The van der Waals surface area contributed by atoms with Crippen LogP contribution in [0.3, 0.4) is 0 Å². The SMILES string of the molecule is Cc1cc(C(N)=S)nc(N2CCC(O)CC2)n1. The molecule has 6 heteroatoms. The summed E-state index contributed by atoms with van der Waals surface area (Å²) in [7, 11) is 0. The van der Waals surface area contributed by atoms with Gasteiger partial charge in [-0.2, -0.15) is 0 Å². The molecule has 1 aliphatic rings. The molecule has 0 amide bonds. The van der Waals surface area contributed by atoms with E-state index in [1.807, 2.05) is 6.92 Å². The molecule has 0 spiro atoms. The molecule has 1 saturated heterocycles. The van der Waals surface area contributed by atoms with Crippen molar-refractivity contribution >= 4 is 23.2 Å². The van der Waals surface area contributed by atoms with Crippen LogP contribution >= 0.6 is 12.2 Å². The number of nitrogens with zero attached hydrogens (tertiary/aromatic N) is 3. The van der Waals surface area contributed by atoms with Gasteiger partial charge < -0.3 is 15.7 Å². The van der Waals surface area contributed by atoms with Crippen molar-refractivity contribution in [2.45, 2.75) is 25.9 Å². The van der Waals surface area contributed by atoms with Gasteiger partial charge >= 0.3 is 0 Å². The molecule has 1 aromatic rings. The third-order valence-electron chi connectivity index (χ3n) is 2.84. The predicted octanol–water partition coefficient (Wildman–Crippen LogP) is 0.380. The molecule has 0 saturated carbocycles. The van der Waals surface area contributed by atoms with Crippen LogP contribution in [0.2, 0.25) is 0 Å². The summed E-state index contributed by atoms with van der Waals surface area (Å²) in [6, 6.07) is 1.78. The molecule has 0 atom stereocenters. The summed E-state index contributed by atoms with van der Waals surface area (Å²) in [6.07, 6.45) is 1.30. The Hall–Kier alpha value is -1.27. The third kappa shape index (κ3) is 2.89. The highest BCUT2D eigenvalue weighted by Gasteiger charge is 2.19. The fourth-order valence-electron chi connectivity index (χ4n) is 1.89. The van der Waals surface area contributed by atoms with Gasteiger partial charge in [0.25, 0.3) is 0 Å². The van der Waals surface area contributed by atoms with Crippen LogP contribution in [0.1, 0.15) is 24.2 Å². The van der Waals surface area contributed by atoms with Crippen molar-refractivity contribution in [2.24, 2.45) is 5.73 Å². The summed E-state index contributed by atoms with van der Waals surface area (Å²) >= 11 is 4.93. The molecular weight excluding hydrogens is 236 g/mol. The first-order valence-corrected chi connectivity index (χ1v) is 6.05. The predicted molar refractivity (Wildman–Crippen MR) is 70.1 cm³/mol. The molecule has 1 fully saturated rings. The lowest BCUT2D eigenvalue weighted by Gasteiger charge is -2.29. The average Bonchev–Trinajstić information content (AvgIpc) is 2.29. The van der Waals surface area contributed by atoms with E-state index in [1.165, 1.54) is 0 Å². The normalized spacial score (nSPS) is 17.2. The monoisotopic (exact) mass is 252 g/mol. The zero-order valence-electron chi connectivity index (χ0n) is 9.76. The maximum atomic E-state index is 9.46. The van der Waals surface area contributed by atoms with Crippen LogP contribution in [0.25, 0.3) is 0 Å². The molecule has 92 valence electrons. The molecule has 0 unspecified atom stereocenters. The van der Waals surface area contributed by atoms with Crippen LogP contribution in [-0.4, -0.2) is 39.3 Å². The minimum atomic E-state index is -0.203. The van der Waals surface area contributed by atoms with Crippen LogP contribution in [0.4, 0.5) is 5.95 Å². The Kier molecular flexibility index (Phi) is 3.54. The number of rotatable bonds is 2. The lowest BCUT2D eigenvalue weighted by atomic mass is 10.1. The molecule has 3 N–H and O–H groups in total. The number of thiocarbonyl (C=S) groups is 1. The van der Waals surface area contributed by atoms with Crippen molar-refractivity contribution in [1.29, 1.82) is 0 Å². The summed E-state index contributed by atoms with van der Waals surface area (Å²) in [4.78, 5) is 11.1. The molecule has 17 heavy (non-hydrogen) atoms. The lowest BCUT2D eigenvalue weighted by Crippen LogP contribution is -2.37. The Morgan fingerprint density at radius 1 is 1.47 bits per heavy atom. The summed E-state index contributed by atoms with van der Waals surface area (Å²) in [5.41, 5.74) is 7.04. The van der Waals surface area contributed by atoms with E-state index in [-0.39, 0.29) is 11.1 Å². The number of aryl methyl sites for hydroxylation is 1. The topological polar surface area (TPSA) is 75.3 Å². The van der Waals surface area contributed by atoms with Crippen molar-refractivity contribution in [3.05, 3.63) is 17.5 Å². The number of hydrogen-bond donors (Lipinski definition) is 2. The fraction of sp³-hybridized carbons (Fsp3) is 0.545. The number of aliphatic hydroxyl groups excluding tert-OH is 1. The minimum absolute atomic E-state index is 0.203. The molecule has 0 radical (unpaired) electrons. The van der Waals surface area contributed by atoms with E-state index >= 15 is 0 Å². The largest absolute Gasteiger partial charge is 0.393 e. The number of anilines is 1. The summed E-state index contributed by atoms with van der Waals surface area (Å²) in [5.74, 6) is 0.653. The highest BCUT2D eigenvalue weighted by atomic mass is 32.1. The van der Waals surface area contributed by atoms with Crippen molar-refractivity contribution in [2.75, 3.05) is 18.0 Å². The maximum absolute atomic E-state index is 9.46. The van der Waals surface area contributed by atoms with Gasteiger partial charge in [-0.1, -0.05) is 12.2 Å². The number of hydrogen-bond acceptors (Lipinski definition) is 5. The summed E-state index contributed by atoms with van der Waals surface area (Å²) in [6.45, 7) is 3.43. The van der Waals surface area contributed by atoms with Gasteiger partial charge in [-0.05, 0) is 25.8 Å². The molecule has 0 bridgehead atoms. The van der Waals surface area contributed by atoms with Crippen molar-refractivity contribution in [3.63, 3.8) is 0 Å². The van der Waals surface area contributed by atoms with Gasteiger partial charge in [-0.15, -0.1) is 0 Å². The number of aromatic nitrogens is 2. The van der Waals surface area contributed by atoms with Crippen LogP contribution in [0.15, 0.2) is 6.07 Å². The van der Waals surface area contributed by atoms with E-state index < -0.39 is 0 Å². The van der Waals surface area contributed by atoms with E-state index in [0.717, 1.165) is 31.6 Å². The van der Waals surface area contributed by atoms with E-state index in [9.17, 15) is 5.11 Å². The number of piperidine rings is 1. The number of nitrogens with two attached hydrogens (primary N) is 1. The summed E-state index contributed by atoms with van der Waals surface area (Å²) in [5, 5.41) is 9.46. The Labute approximate surface area is 106 Å². The second-order valence-electron chi connectivity index (χ2n) is 4.28. The number of aliphatic hydroxyl groups is 1. The van der Waals surface area contributed by atoms with E-state index in [2.05, 4.69) is 14.9 Å². The van der Waals surface area contributed by atoms with Gasteiger partial charge in [-0.25, -0.2) is 9.97 Å². The van der Waals surface area contributed by atoms with Crippen LogP contribution in [0, 0.1) is 6.92 Å². The standard InChI is InChI=1S/C11H16N4OS/c1-7-6-9(10(12)17)14-11(13-7)15-4-2-8(16)3-5-15/h6,8,16H,2-5H2,1H3,(H2,12,17). The van der Waals surface area contributed by atoms with E-state index in [4.69, 9.17) is 18.0 Å². The first-order chi connectivity index (χ1) is 8.06. The van der Waals surface area contributed by atoms with Crippen LogP contribution in [0.5, 0.6) is 0 Å². The Bertz CT molecular complexity index is 429. The Balaban J connectivity index is 2.23. The average molecular weight is 252 g/mol. The molecule has 0 aromatic carbocycles. The zero-order chi connectivity index (χ0) is 12.4. The zero-order valence-corrected chi connectivity index (χ0v) is 10.6. The third-order valence-corrected chi connectivity index (χ3v) is 3.05. The van der Waals surface area contributed by atoms with Gasteiger partial charge in [0.2, 0.25) is 5.95 Å². The highest BCUT2D eigenvalue weighted by molar-refractivity contribution is 7.80. The molecule has 0 aliphatic carbocycles. The lowest BCUT2D eigenvalue weighted by molar-refractivity contribution is 0.145. The minimum Gasteiger partial charge on any atom is -0.393 e. The first kappa shape index (κ1) is 12.2. The van der Waals surface area contributed by atoms with Crippen LogP contribution in [-0.2, 0) is 0 Å². The second-order valence-corrected chi connectivity index (χ2v) is 4.72. The van der Waals surface area contributed by atoms with Crippen molar-refractivity contribution in [1.82, 2.24) is 9.97 Å². The smallest absolute Gasteiger partial charge is 0.226 e. The molecule has 1 aliphatic heterocycles. The van der Waals surface area contributed by atoms with Gasteiger partial charge in [-0.3, -0.25) is 0 Å². The van der Waals surface area contributed by atoms with Gasteiger partial charge in [0.15, 0.2) is 0 Å². The van der Waals surface area contributed by atoms with Gasteiger partial charge in [0.1, 0.15) is 10.7 Å².